The molecular weight excluding hydrogens is 479 g/mol. The van der Waals surface area contributed by atoms with E-state index in [1.165, 1.54) is 25.8 Å². The molecular formula is C23H35IN2O3. The molecule has 3 atom stereocenters. The standard InChI is InChI=1S/C23H35IN2O3/c1-18-7-3-5-14-26(18)15-6-16-29-20-11-9-19(10-12-20)22(28)25-23(17-27)13-4-2-8-21(23)24/h9-12,18,21,27H,2-8,13-17H2,1H3,(H,25,28). The fourth-order valence-electron chi connectivity index (χ4n) is 4.50. The summed E-state index contributed by atoms with van der Waals surface area (Å²) in [5.41, 5.74) is 0.109. The van der Waals surface area contributed by atoms with Crippen LogP contribution in [0.1, 0.15) is 68.6 Å². The summed E-state index contributed by atoms with van der Waals surface area (Å²) in [6.45, 7) is 5.29. The summed E-state index contributed by atoms with van der Waals surface area (Å²) in [7, 11) is 0. The Morgan fingerprint density at radius 1 is 1.24 bits per heavy atom. The number of aliphatic hydroxyl groups excluding tert-OH is 1. The number of piperidine rings is 1. The SMILES string of the molecule is CC1CCCCN1CCCOc1ccc(C(=O)NC2(CO)CCCCC2I)cc1. The second kappa shape index (κ2) is 11.0. The van der Waals surface area contributed by atoms with E-state index in [1.807, 2.05) is 24.3 Å². The molecule has 29 heavy (non-hydrogen) atoms. The number of benzene rings is 1. The Labute approximate surface area is 188 Å². The zero-order chi connectivity index (χ0) is 20.7. The number of halogens is 1. The molecule has 2 aliphatic rings. The van der Waals surface area contributed by atoms with Gasteiger partial charge in [-0.1, -0.05) is 41.9 Å². The molecule has 1 aromatic carbocycles. The highest BCUT2D eigenvalue weighted by Crippen LogP contribution is 2.34. The van der Waals surface area contributed by atoms with Crippen LogP contribution >= 0.6 is 22.6 Å². The van der Waals surface area contributed by atoms with E-state index in [0.29, 0.717) is 18.2 Å². The van der Waals surface area contributed by atoms with Gasteiger partial charge in [-0.25, -0.2) is 0 Å². The number of aliphatic hydroxyl groups is 1. The van der Waals surface area contributed by atoms with E-state index in [4.69, 9.17) is 4.74 Å². The van der Waals surface area contributed by atoms with Gasteiger partial charge in [-0.05, 0) is 69.8 Å². The monoisotopic (exact) mass is 514 g/mol. The van der Waals surface area contributed by atoms with Crippen molar-refractivity contribution in [3.8, 4) is 5.75 Å². The number of hydrogen-bond acceptors (Lipinski definition) is 4. The molecule has 1 saturated heterocycles. The summed E-state index contributed by atoms with van der Waals surface area (Å²) >= 11 is 2.37. The van der Waals surface area contributed by atoms with Crippen molar-refractivity contribution in [3.05, 3.63) is 29.8 Å². The predicted octanol–water partition coefficient (Wildman–Crippen LogP) is 4.17. The highest BCUT2D eigenvalue weighted by molar-refractivity contribution is 14.1. The van der Waals surface area contributed by atoms with Gasteiger partial charge in [-0.3, -0.25) is 4.79 Å². The summed E-state index contributed by atoms with van der Waals surface area (Å²) in [6, 6.07) is 8.05. The van der Waals surface area contributed by atoms with E-state index in [2.05, 4.69) is 39.7 Å². The molecule has 2 fully saturated rings. The Bertz CT molecular complexity index is 654. The maximum absolute atomic E-state index is 12.7. The number of carbonyl (C=O) groups is 1. The summed E-state index contributed by atoms with van der Waals surface area (Å²) in [6.07, 6.45) is 9.06. The second-order valence-corrected chi connectivity index (χ2v) is 10.1. The first-order chi connectivity index (χ1) is 14.0. The van der Waals surface area contributed by atoms with Crippen molar-refractivity contribution in [1.29, 1.82) is 0 Å². The number of carbonyl (C=O) groups excluding carboxylic acids is 1. The number of rotatable bonds is 8. The molecule has 5 nitrogen and oxygen atoms in total. The Hall–Kier alpha value is -0.860. The molecule has 0 radical (unpaired) electrons. The lowest BCUT2D eigenvalue weighted by Crippen LogP contribution is -2.58. The molecule has 3 unspecified atom stereocenters. The molecule has 1 aliphatic carbocycles. The summed E-state index contributed by atoms with van der Waals surface area (Å²) in [4.78, 5) is 15.3. The van der Waals surface area contributed by atoms with E-state index in [0.717, 1.165) is 44.4 Å². The van der Waals surface area contributed by atoms with Gasteiger partial charge in [-0.15, -0.1) is 0 Å². The molecule has 2 N–H and O–H groups in total. The highest BCUT2D eigenvalue weighted by Gasteiger charge is 2.40. The van der Waals surface area contributed by atoms with Gasteiger partial charge in [0.1, 0.15) is 5.75 Å². The van der Waals surface area contributed by atoms with Crippen LogP contribution in [-0.2, 0) is 0 Å². The Balaban J connectivity index is 1.46. The highest BCUT2D eigenvalue weighted by atomic mass is 127. The maximum Gasteiger partial charge on any atom is 0.251 e. The minimum atomic E-state index is -0.503. The zero-order valence-corrected chi connectivity index (χ0v) is 19.7. The average Bonchev–Trinajstić information content (AvgIpc) is 2.74. The second-order valence-electron chi connectivity index (χ2n) is 8.59. The summed E-state index contributed by atoms with van der Waals surface area (Å²) in [5, 5.41) is 13.1. The third-order valence-electron chi connectivity index (χ3n) is 6.49. The molecule has 1 aromatic rings. The first-order valence-electron chi connectivity index (χ1n) is 11.1. The van der Waals surface area contributed by atoms with Gasteiger partial charge in [0.05, 0.1) is 18.8 Å². The predicted molar refractivity (Wildman–Crippen MR) is 125 cm³/mol. The fraction of sp³-hybridized carbons (Fsp3) is 0.696. The minimum Gasteiger partial charge on any atom is -0.494 e. The van der Waals surface area contributed by atoms with Crippen LogP contribution in [0.4, 0.5) is 0 Å². The van der Waals surface area contributed by atoms with Crippen LogP contribution < -0.4 is 10.1 Å². The molecule has 0 bridgehead atoms. The maximum atomic E-state index is 12.7. The number of alkyl halides is 1. The lowest BCUT2D eigenvalue weighted by Gasteiger charge is -2.40. The molecule has 3 rings (SSSR count). The largest absolute Gasteiger partial charge is 0.494 e. The number of nitrogens with zero attached hydrogens (tertiary/aromatic N) is 1. The van der Waals surface area contributed by atoms with Crippen LogP contribution in [0, 0.1) is 0 Å². The van der Waals surface area contributed by atoms with Gasteiger partial charge in [0.2, 0.25) is 0 Å². The number of amides is 1. The van der Waals surface area contributed by atoms with Crippen LogP contribution in [0.3, 0.4) is 0 Å². The third kappa shape index (κ3) is 6.07. The van der Waals surface area contributed by atoms with Crippen molar-refractivity contribution in [2.24, 2.45) is 0 Å². The first-order valence-corrected chi connectivity index (χ1v) is 12.3. The van der Waals surface area contributed by atoms with E-state index in [9.17, 15) is 9.90 Å². The molecule has 1 saturated carbocycles. The Morgan fingerprint density at radius 3 is 2.69 bits per heavy atom. The minimum absolute atomic E-state index is 0.0107. The molecule has 0 aromatic heterocycles. The van der Waals surface area contributed by atoms with Crippen molar-refractivity contribution < 1.29 is 14.6 Å². The van der Waals surface area contributed by atoms with E-state index in [-0.39, 0.29) is 16.4 Å². The lowest BCUT2D eigenvalue weighted by molar-refractivity contribution is 0.0784. The quantitative estimate of drug-likeness (QED) is 0.311. The van der Waals surface area contributed by atoms with E-state index in [1.54, 1.807) is 0 Å². The number of nitrogens with one attached hydrogen (secondary N) is 1. The van der Waals surface area contributed by atoms with Gasteiger partial charge in [-0.2, -0.15) is 0 Å². The van der Waals surface area contributed by atoms with Crippen molar-refractivity contribution >= 4 is 28.5 Å². The van der Waals surface area contributed by atoms with Crippen LogP contribution in [-0.4, -0.2) is 57.7 Å². The zero-order valence-electron chi connectivity index (χ0n) is 17.5. The Morgan fingerprint density at radius 2 is 2.00 bits per heavy atom. The smallest absolute Gasteiger partial charge is 0.251 e. The normalized spacial score (nSPS) is 28.1. The van der Waals surface area contributed by atoms with Gasteiger partial charge in [0, 0.05) is 22.1 Å². The number of ether oxygens (including phenoxy) is 1. The molecule has 1 heterocycles. The molecule has 1 amide bonds. The first kappa shape index (κ1) is 22.8. The van der Waals surface area contributed by atoms with Gasteiger partial charge < -0.3 is 20.1 Å². The summed E-state index contributed by atoms with van der Waals surface area (Å²) in [5.74, 6) is 0.683. The number of hydrogen-bond donors (Lipinski definition) is 2. The summed E-state index contributed by atoms with van der Waals surface area (Å²) < 4.78 is 6.13. The van der Waals surface area contributed by atoms with Gasteiger partial charge in [0.25, 0.3) is 5.91 Å². The Kier molecular flexibility index (Phi) is 8.62. The van der Waals surface area contributed by atoms with E-state index >= 15 is 0 Å². The van der Waals surface area contributed by atoms with Crippen LogP contribution in [0.5, 0.6) is 5.75 Å². The van der Waals surface area contributed by atoms with Crippen molar-refractivity contribution in [2.75, 3.05) is 26.3 Å². The van der Waals surface area contributed by atoms with Gasteiger partial charge in [0.15, 0.2) is 0 Å². The van der Waals surface area contributed by atoms with E-state index < -0.39 is 5.54 Å². The van der Waals surface area contributed by atoms with Crippen LogP contribution in [0.2, 0.25) is 0 Å². The topological polar surface area (TPSA) is 61.8 Å². The van der Waals surface area contributed by atoms with Gasteiger partial charge >= 0.3 is 0 Å². The molecule has 162 valence electrons. The van der Waals surface area contributed by atoms with Crippen molar-refractivity contribution in [1.82, 2.24) is 10.2 Å². The lowest BCUT2D eigenvalue weighted by atomic mass is 9.82. The van der Waals surface area contributed by atoms with Crippen LogP contribution in [0.15, 0.2) is 24.3 Å². The van der Waals surface area contributed by atoms with Crippen molar-refractivity contribution in [3.63, 3.8) is 0 Å². The molecule has 0 spiro atoms. The van der Waals surface area contributed by atoms with Crippen molar-refractivity contribution in [2.45, 2.75) is 73.8 Å². The average molecular weight is 514 g/mol. The third-order valence-corrected chi connectivity index (χ3v) is 8.31. The number of likely N-dealkylation sites (tertiary alicyclic amines) is 1. The molecule has 1 aliphatic heterocycles. The van der Waals surface area contributed by atoms with Crippen LogP contribution in [0.25, 0.3) is 0 Å². The molecule has 6 heteroatoms. The fourth-order valence-corrected chi connectivity index (χ4v) is 5.61.